The molecule has 3 rings (SSSR count). The van der Waals surface area contributed by atoms with Crippen molar-refractivity contribution < 1.29 is 59.5 Å². The first-order valence-electron chi connectivity index (χ1n) is 13.5. The minimum absolute atomic E-state index is 0.666. The molecule has 3 heterocycles. The summed E-state index contributed by atoms with van der Waals surface area (Å²) in [6, 6.07) is 8.32. The number of pyridine rings is 2. The third-order valence-corrected chi connectivity index (χ3v) is 5.44. The molecule has 44 heavy (non-hydrogen) atoms. The number of halogens is 12. The number of hydrogen-bond acceptors (Lipinski definition) is 3. The maximum absolute atomic E-state index is 10.7. The van der Waals surface area contributed by atoms with Crippen LogP contribution in [0.5, 0.6) is 0 Å². The van der Waals surface area contributed by atoms with Crippen molar-refractivity contribution in [2.45, 2.75) is 78.3 Å². The van der Waals surface area contributed by atoms with Crippen molar-refractivity contribution in [2.24, 2.45) is 0 Å². The van der Waals surface area contributed by atoms with Crippen molar-refractivity contribution in [1.29, 1.82) is 0 Å². The molecule has 19 heteroatoms. The second-order valence-electron chi connectivity index (χ2n) is 9.85. The Kier molecular flexibility index (Phi) is 12.3. The van der Waals surface area contributed by atoms with Crippen LogP contribution in [0.1, 0.15) is 65.2 Å². The molecule has 0 fully saturated rings. The molecule has 0 atom stereocenters. The summed E-state index contributed by atoms with van der Waals surface area (Å²) in [6.07, 6.45) is 20.5. The Balaban J connectivity index is 0.000000574. The quantitative estimate of drug-likeness (QED) is 0.0820. The Bertz CT molecular complexity index is 1160. The predicted octanol–water partition coefficient (Wildman–Crippen LogP) is 11.7. The van der Waals surface area contributed by atoms with Crippen LogP contribution in [0.15, 0.2) is 55.2 Å². The van der Waals surface area contributed by atoms with Gasteiger partial charge in [-0.1, -0.05) is 39.5 Å². The average molecular weight is 696 g/mol. The zero-order valence-corrected chi connectivity index (χ0v) is 25.7. The van der Waals surface area contributed by atoms with Crippen molar-refractivity contribution in [3.8, 4) is 22.6 Å². The van der Waals surface area contributed by atoms with Gasteiger partial charge in [0, 0.05) is 48.2 Å². The van der Waals surface area contributed by atoms with E-state index in [1.165, 1.54) is 51.4 Å². The Morgan fingerprint density at radius 1 is 0.523 bits per heavy atom. The van der Waals surface area contributed by atoms with Crippen LogP contribution >= 0.6 is 15.6 Å². The number of unbranched alkanes of at least 4 members (excludes halogenated alkanes) is 6. The standard InChI is InChI=1S/C25H35N5.2F6P/c1-3-5-7-9-15-29-17-11-22(12-18-29)24-21-26-25(28-27-24)23-13-19-30(20-14-23)16-10-8-6-4-2;2*1-7(2,3,4,5)6/h11-14,17-21H,3-10,15-16H2,1-2H3;;/q+2;2*-1. The fraction of sp³-hybridized carbons (Fsp3) is 0.480. The Morgan fingerprint density at radius 3 is 1.20 bits per heavy atom. The molecule has 0 bridgehead atoms. The second-order valence-corrected chi connectivity index (χ2v) is 13.7. The summed E-state index contributed by atoms with van der Waals surface area (Å²) >= 11 is 0. The first-order chi connectivity index (χ1) is 19.7. The monoisotopic (exact) mass is 695 g/mol. The molecule has 0 amide bonds. The third kappa shape index (κ3) is 25.8. The van der Waals surface area contributed by atoms with E-state index >= 15 is 0 Å². The van der Waals surface area contributed by atoms with Crippen LogP contribution in [0.2, 0.25) is 0 Å². The van der Waals surface area contributed by atoms with Crippen LogP contribution in [0.25, 0.3) is 22.6 Å². The molecule has 0 aliphatic carbocycles. The van der Waals surface area contributed by atoms with Gasteiger partial charge < -0.3 is 0 Å². The zero-order chi connectivity index (χ0) is 33.8. The molecular formula is C25H35F12N5P2. The van der Waals surface area contributed by atoms with Gasteiger partial charge in [-0.05, 0) is 12.8 Å². The summed E-state index contributed by atoms with van der Waals surface area (Å²) < 4.78 is 123. The second kappa shape index (κ2) is 13.8. The number of hydrogen-bond donors (Lipinski definition) is 0. The number of nitrogens with zero attached hydrogens (tertiary/aromatic N) is 5. The normalized spacial score (nSPS) is 14.9. The van der Waals surface area contributed by atoms with Gasteiger partial charge in [-0.2, -0.15) is 0 Å². The van der Waals surface area contributed by atoms with Gasteiger partial charge in [0.1, 0.15) is 18.8 Å². The van der Waals surface area contributed by atoms with Crippen molar-refractivity contribution in [2.75, 3.05) is 0 Å². The SMILES string of the molecule is CCCCCC[n+]1ccc(-c2cnc(-c3cc[n+](CCCCCC)cc3)nn2)cc1.F[P-](F)(F)(F)(F)F.F[P-](F)(F)(F)(F)F. The van der Waals surface area contributed by atoms with E-state index in [1.54, 1.807) is 0 Å². The number of rotatable bonds is 12. The Labute approximate surface area is 246 Å². The molecule has 0 aliphatic rings. The number of aryl methyl sites for hydroxylation is 2. The molecule has 0 spiro atoms. The molecule has 0 unspecified atom stereocenters. The minimum atomic E-state index is -10.7. The maximum atomic E-state index is 9.87. The molecule has 0 N–H and O–H groups in total. The molecule has 254 valence electrons. The van der Waals surface area contributed by atoms with E-state index in [0.29, 0.717) is 5.82 Å². The molecule has 0 saturated carbocycles. The third-order valence-electron chi connectivity index (χ3n) is 5.44. The van der Waals surface area contributed by atoms with Gasteiger partial charge >= 0.3 is 66.0 Å². The van der Waals surface area contributed by atoms with Crippen molar-refractivity contribution in [3.63, 3.8) is 0 Å². The fourth-order valence-electron chi connectivity index (χ4n) is 3.51. The van der Waals surface area contributed by atoms with Gasteiger partial charge in [-0.25, -0.2) is 14.1 Å². The summed E-state index contributed by atoms with van der Waals surface area (Å²) in [5.41, 5.74) is 2.85. The molecule has 5 nitrogen and oxygen atoms in total. The zero-order valence-electron chi connectivity index (χ0n) is 23.9. The first-order valence-corrected chi connectivity index (χ1v) is 17.6. The molecule has 3 aromatic heterocycles. The van der Waals surface area contributed by atoms with E-state index in [0.717, 1.165) is 29.9 Å². The van der Waals surface area contributed by atoms with Crippen molar-refractivity contribution in [3.05, 3.63) is 55.2 Å². The van der Waals surface area contributed by atoms with Crippen molar-refractivity contribution >= 4 is 15.6 Å². The molecule has 0 aliphatic heterocycles. The van der Waals surface area contributed by atoms with Gasteiger partial charge in [0.05, 0.1) is 6.20 Å². The molecule has 3 aromatic rings. The van der Waals surface area contributed by atoms with E-state index in [2.05, 4.69) is 87.2 Å². The van der Waals surface area contributed by atoms with E-state index in [9.17, 15) is 50.4 Å². The van der Waals surface area contributed by atoms with Crippen LogP contribution in [0.3, 0.4) is 0 Å². The van der Waals surface area contributed by atoms with Gasteiger partial charge in [0.15, 0.2) is 30.6 Å². The first kappa shape index (κ1) is 39.4. The fourth-order valence-corrected chi connectivity index (χ4v) is 3.51. The van der Waals surface area contributed by atoms with Crippen LogP contribution in [0, 0.1) is 0 Å². The van der Waals surface area contributed by atoms with E-state index in [-0.39, 0.29) is 0 Å². The average Bonchev–Trinajstić information content (AvgIpc) is 2.86. The summed E-state index contributed by atoms with van der Waals surface area (Å²) in [7, 11) is -21.3. The van der Waals surface area contributed by atoms with E-state index in [1.807, 2.05) is 6.20 Å². The Morgan fingerprint density at radius 2 is 0.886 bits per heavy atom. The number of aromatic nitrogens is 5. The Hall–Kier alpha value is -2.67. The van der Waals surface area contributed by atoms with Crippen LogP contribution in [-0.2, 0) is 13.1 Å². The summed E-state index contributed by atoms with van der Waals surface area (Å²) in [5, 5.41) is 8.76. The van der Waals surface area contributed by atoms with E-state index in [4.69, 9.17) is 0 Å². The van der Waals surface area contributed by atoms with Crippen LogP contribution in [-0.4, -0.2) is 15.2 Å². The molecule has 0 aromatic carbocycles. The molecule has 0 saturated heterocycles. The summed E-state index contributed by atoms with van der Waals surface area (Å²) in [6.45, 7) is 6.61. The van der Waals surface area contributed by atoms with Gasteiger partial charge in [0.25, 0.3) is 0 Å². The van der Waals surface area contributed by atoms with E-state index < -0.39 is 15.6 Å². The van der Waals surface area contributed by atoms with Crippen LogP contribution in [0.4, 0.5) is 50.4 Å². The topological polar surface area (TPSA) is 46.4 Å². The summed E-state index contributed by atoms with van der Waals surface area (Å²) in [5.74, 6) is 0.666. The molecular weight excluding hydrogens is 660 g/mol. The summed E-state index contributed by atoms with van der Waals surface area (Å²) in [4.78, 5) is 4.54. The molecule has 0 radical (unpaired) electrons. The van der Waals surface area contributed by atoms with Crippen LogP contribution < -0.4 is 9.13 Å². The van der Waals surface area contributed by atoms with Gasteiger partial charge in [0.2, 0.25) is 0 Å². The predicted molar refractivity (Wildman–Crippen MR) is 147 cm³/mol. The van der Waals surface area contributed by atoms with Gasteiger partial charge in [-0.3, -0.25) is 0 Å². The van der Waals surface area contributed by atoms with Crippen molar-refractivity contribution in [1.82, 2.24) is 15.2 Å². The van der Waals surface area contributed by atoms with Gasteiger partial charge in [-0.15, -0.1) is 10.2 Å².